The standard InChI is InChI=1S/C33H38ClNO7/c1-5-39-31(37)21-40-27-13-15-28(16-14-27)41-29-12-10-22-9-11-26(18-24(22)19-29)35(32(38)42-33(2,3)4)20-30(36)23-7-6-8-25(34)17-23/h6-8,10,12-17,19,26,30,36H,5,9,11,18,20-21H2,1-4H3/t26-,30+/m0/s1. The summed E-state index contributed by atoms with van der Waals surface area (Å²) in [4.78, 5) is 26.5. The molecule has 9 heteroatoms. The van der Waals surface area contributed by atoms with Gasteiger partial charge < -0.3 is 29.0 Å². The van der Waals surface area contributed by atoms with Crippen LogP contribution in [-0.2, 0) is 27.1 Å². The summed E-state index contributed by atoms with van der Waals surface area (Å²) in [6.07, 6.45) is 0.724. The zero-order valence-corrected chi connectivity index (χ0v) is 25.2. The van der Waals surface area contributed by atoms with Gasteiger partial charge in [-0.1, -0.05) is 29.8 Å². The van der Waals surface area contributed by atoms with E-state index >= 15 is 0 Å². The highest BCUT2D eigenvalue weighted by atomic mass is 35.5. The van der Waals surface area contributed by atoms with Crippen LogP contribution in [0.15, 0.2) is 66.7 Å². The Kier molecular flexibility index (Phi) is 10.4. The van der Waals surface area contributed by atoms with E-state index in [0.717, 1.165) is 18.4 Å². The van der Waals surface area contributed by atoms with Gasteiger partial charge in [-0.3, -0.25) is 0 Å². The van der Waals surface area contributed by atoms with Crippen LogP contribution in [0.1, 0.15) is 56.9 Å². The summed E-state index contributed by atoms with van der Waals surface area (Å²) in [5.74, 6) is 1.39. The maximum atomic E-state index is 13.4. The van der Waals surface area contributed by atoms with Gasteiger partial charge in [0.15, 0.2) is 6.61 Å². The molecule has 1 aliphatic carbocycles. The summed E-state index contributed by atoms with van der Waals surface area (Å²) in [5, 5.41) is 11.6. The number of carbonyl (C=O) groups excluding carboxylic acids is 2. The van der Waals surface area contributed by atoms with E-state index in [9.17, 15) is 14.7 Å². The predicted molar refractivity (Wildman–Crippen MR) is 160 cm³/mol. The van der Waals surface area contributed by atoms with Crippen molar-refractivity contribution in [2.75, 3.05) is 19.8 Å². The smallest absolute Gasteiger partial charge is 0.410 e. The molecule has 0 spiro atoms. The number of benzene rings is 3. The van der Waals surface area contributed by atoms with Gasteiger partial charge in [0.05, 0.1) is 19.3 Å². The number of carbonyl (C=O) groups is 2. The van der Waals surface area contributed by atoms with E-state index < -0.39 is 23.8 Å². The molecular weight excluding hydrogens is 558 g/mol. The van der Waals surface area contributed by atoms with Crippen LogP contribution in [0.25, 0.3) is 0 Å². The van der Waals surface area contributed by atoms with E-state index in [-0.39, 0.29) is 19.2 Å². The van der Waals surface area contributed by atoms with Crippen molar-refractivity contribution in [3.8, 4) is 17.2 Å². The highest BCUT2D eigenvalue weighted by Gasteiger charge is 2.33. The second kappa shape index (κ2) is 13.9. The second-order valence-corrected chi connectivity index (χ2v) is 11.6. The molecule has 0 radical (unpaired) electrons. The van der Waals surface area contributed by atoms with Crippen LogP contribution in [0.4, 0.5) is 4.79 Å². The first-order valence-corrected chi connectivity index (χ1v) is 14.5. The highest BCUT2D eigenvalue weighted by molar-refractivity contribution is 6.30. The molecule has 2 atom stereocenters. The zero-order chi connectivity index (χ0) is 30.3. The quantitative estimate of drug-likeness (QED) is 0.255. The lowest BCUT2D eigenvalue weighted by Gasteiger charge is -2.37. The molecule has 1 N–H and O–H groups in total. The summed E-state index contributed by atoms with van der Waals surface area (Å²) in [6, 6.07) is 19.8. The first-order valence-electron chi connectivity index (χ1n) is 14.1. The van der Waals surface area contributed by atoms with E-state index in [4.69, 9.17) is 30.5 Å². The molecule has 0 saturated carbocycles. The lowest BCUT2D eigenvalue weighted by molar-refractivity contribution is -0.145. The average Bonchev–Trinajstić information content (AvgIpc) is 2.94. The molecule has 0 fully saturated rings. The first-order chi connectivity index (χ1) is 20.0. The minimum atomic E-state index is -0.920. The topological polar surface area (TPSA) is 94.5 Å². The van der Waals surface area contributed by atoms with Gasteiger partial charge in [0.25, 0.3) is 0 Å². The number of aryl methyl sites for hydroxylation is 1. The molecule has 1 aliphatic rings. The number of aliphatic hydroxyl groups is 1. The third-order valence-electron chi connectivity index (χ3n) is 6.77. The molecule has 0 saturated heterocycles. The molecule has 4 rings (SSSR count). The normalized spacial score (nSPS) is 15.2. The lowest BCUT2D eigenvalue weighted by Crippen LogP contribution is -2.47. The van der Waals surface area contributed by atoms with Gasteiger partial charge in [0, 0.05) is 11.1 Å². The van der Waals surface area contributed by atoms with Crippen molar-refractivity contribution < 1.29 is 33.6 Å². The molecule has 224 valence electrons. The molecule has 0 bridgehead atoms. The Labute approximate surface area is 252 Å². The van der Waals surface area contributed by atoms with Crippen LogP contribution in [-0.4, -0.2) is 53.5 Å². The maximum absolute atomic E-state index is 13.4. The Bertz CT molecular complexity index is 1370. The van der Waals surface area contributed by atoms with Gasteiger partial charge >= 0.3 is 12.1 Å². The minimum absolute atomic E-state index is 0.0794. The van der Waals surface area contributed by atoms with Gasteiger partial charge in [0.1, 0.15) is 22.8 Å². The van der Waals surface area contributed by atoms with Crippen molar-refractivity contribution in [3.05, 3.63) is 88.4 Å². The minimum Gasteiger partial charge on any atom is -0.482 e. The summed E-state index contributed by atoms with van der Waals surface area (Å²) in [6.45, 7) is 7.46. The third kappa shape index (κ3) is 8.87. The molecule has 8 nitrogen and oxygen atoms in total. The third-order valence-corrected chi connectivity index (χ3v) is 7.01. The van der Waals surface area contributed by atoms with Gasteiger partial charge in [-0.05, 0) is 112 Å². The Morgan fingerprint density at radius 2 is 1.71 bits per heavy atom. The lowest BCUT2D eigenvalue weighted by atomic mass is 9.87. The van der Waals surface area contributed by atoms with E-state index in [0.29, 0.717) is 40.9 Å². The molecular formula is C33H38ClNO7. The Morgan fingerprint density at radius 3 is 2.40 bits per heavy atom. The highest BCUT2D eigenvalue weighted by Crippen LogP contribution is 2.32. The molecule has 0 unspecified atom stereocenters. The molecule has 0 aromatic heterocycles. The molecule has 42 heavy (non-hydrogen) atoms. The fourth-order valence-corrected chi connectivity index (χ4v) is 5.03. The fraction of sp³-hybridized carbons (Fsp3) is 0.394. The van der Waals surface area contributed by atoms with Crippen molar-refractivity contribution in [2.24, 2.45) is 0 Å². The summed E-state index contributed by atoms with van der Waals surface area (Å²) in [5.41, 5.74) is 2.23. The fourth-order valence-electron chi connectivity index (χ4n) is 4.83. The van der Waals surface area contributed by atoms with E-state index in [2.05, 4.69) is 6.07 Å². The van der Waals surface area contributed by atoms with Crippen molar-refractivity contribution in [2.45, 2.75) is 64.7 Å². The Balaban J connectivity index is 1.46. The largest absolute Gasteiger partial charge is 0.482 e. The van der Waals surface area contributed by atoms with Crippen molar-refractivity contribution in [1.82, 2.24) is 4.90 Å². The molecule has 0 aliphatic heterocycles. The number of hydrogen-bond donors (Lipinski definition) is 1. The van der Waals surface area contributed by atoms with Gasteiger partial charge in [-0.2, -0.15) is 0 Å². The number of ether oxygens (including phenoxy) is 4. The van der Waals surface area contributed by atoms with Crippen molar-refractivity contribution in [1.29, 1.82) is 0 Å². The van der Waals surface area contributed by atoms with Crippen LogP contribution in [0.5, 0.6) is 17.2 Å². The Hall–Kier alpha value is -3.75. The van der Waals surface area contributed by atoms with Crippen molar-refractivity contribution in [3.63, 3.8) is 0 Å². The van der Waals surface area contributed by atoms with Gasteiger partial charge in [0.2, 0.25) is 0 Å². The molecule has 3 aromatic rings. The molecule has 0 heterocycles. The molecule has 1 amide bonds. The summed E-state index contributed by atoms with van der Waals surface area (Å²) >= 11 is 6.15. The van der Waals surface area contributed by atoms with E-state index in [1.807, 2.05) is 32.9 Å². The van der Waals surface area contributed by atoms with Gasteiger partial charge in [-0.15, -0.1) is 0 Å². The number of amides is 1. The SMILES string of the molecule is CCOC(=O)COc1ccc(Oc2ccc3c(c2)C[C@@H](N(C[C@@H](O)c2cccc(Cl)c2)C(=O)OC(C)(C)C)CC3)cc1. The average molecular weight is 596 g/mol. The molecule has 3 aromatic carbocycles. The number of esters is 1. The summed E-state index contributed by atoms with van der Waals surface area (Å²) in [7, 11) is 0. The maximum Gasteiger partial charge on any atom is 0.410 e. The van der Waals surface area contributed by atoms with Crippen LogP contribution in [0.3, 0.4) is 0 Å². The predicted octanol–water partition coefficient (Wildman–Crippen LogP) is 6.90. The number of halogens is 1. The van der Waals surface area contributed by atoms with E-state index in [1.165, 1.54) is 5.56 Å². The van der Waals surface area contributed by atoms with E-state index in [1.54, 1.807) is 60.4 Å². The number of nitrogens with zero attached hydrogens (tertiary/aromatic N) is 1. The number of hydrogen-bond acceptors (Lipinski definition) is 7. The summed E-state index contributed by atoms with van der Waals surface area (Å²) < 4.78 is 22.2. The zero-order valence-electron chi connectivity index (χ0n) is 24.5. The number of fused-ring (bicyclic) bond motifs is 1. The van der Waals surface area contributed by atoms with Crippen LogP contribution in [0, 0.1) is 0 Å². The Morgan fingerprint density at radius 1 is 1.00 bits per heavy atom. The monoisotopic (exact) mass is 595 g/mol. The van der Waals surface area contributed by atoms with Crippen molar-refractivity contribution >= 4 is 23.7 Å². The van der Waals surface area contributed by atoms with Crippen LogP contribution in [0.2, 0.25) is 5.02 Å². The first kappa shape index (κ1) is 31.2. The van der Waals surface area contributed by atoms with Gasteiger partial charge in [-0.25, -0.2) is 9.59 Å². The second-order valence-electron chi connectivity index (χ2n) is 11.2. The van der Waals surface area contributed by atoms with Crippen LogP contribution >= 0.6 is 11.6 Å². The number of aliphatic hydroxyl groups excluding tert-OH is 1. The number of rotatable bonds is 10. The van der Waals surface area contributed by atoms with Crippen LogP contribution < -0.4 is 9.47 Å².